The molecule has 1 atom stereocenters. The molecule has 1 aromatic heterocycles. The van der Waals surface area contributed by atoms with Gasteiger partial charge in [0.15, 0.2) is 5.69 Å². The number of hydrogen-bond acceptors (Lipinski definition) is 3. The average molecular weight is 461 g/mol. The lowest BCUT2D eigenvalue weighted by atomic mass is 9.42. The van der Waals surface area contributed by atoms with Gasteiger partial charge < -0.3 is 5.73 Å². The Kier molecular flexibility index (Phi) is 3.70. The molecule has 3 aliphatic carbocycles. The van der Waals surface area contributed by atoms with E-state index in [0.717, 1.165) is 38.6 Å². The van der Waals surface area contributed by atoms with E-state index in [1.165, 1.54) is 24.8 Å². The summed E-state index contributed by atoms with van der Waals surface area (Å²) in [7, 11) is 0. The van der Waals surface area contributed by atoms with Crippen molar-refractivity contribution in [2.24, 2.45) is 16.6 Å². The highest BCUT2D eigenvalue weighted by Crippen LogP contribution is 2.65. The summed E-state index contributed by atoms with van der Waals surface area (Å²) in [6, 6.07) is 14.6. The predicted molar refractivity (Wildman–Crippen MR) is 119 cm³/mol. The first-order valence-corrected chi connectivity index (χ1v) is 11.1. The van der Waals surface area contributed by atoms with Crippen molar-refractivity contribution in [2.45, 2.75) is 37.6 Å². The number of primary amides is 1. The summed E-state index contributed by atoms with van der Waals surface area (Å²) in [4.78, 5) is 21.5. The lowest BCUT2D eigenvalue weighted by Crippen LogP contribution is -2.55. The predicted octanol–water partition coefficient (Wildman–Crippen LogP) is 4.70. The van der Waals surface area contributed by atoms with Crippen LogP contribution in [0.25, 0.3) is 5.69 Å². The van der Waals surface area contributed by atoms with Gasteiger partial charge in [0.05, 0.1) is 23.1 Å². The molecule has 2 heterocycles. The number of hydrogen-bond donors (Lipinski definition) is 1. The number of imidazole rings is 1. The van der Waals surface area contributed by atoms with Gasteiger partial charge in [0, 0.05) is 15.6 Å². The minimum Gasteiger partial charge on any atom is -0.364 e. The number of aromatic nitrogens is 2. The zero-order valence-electron chi connectivity index (χ0n) is 16.6. The Bertz CT molecular complexity index is 1240. The van der Waals surface area contributed by atoms with E-state index in [1.54, 1.807) is 6.33 Å². The lowest BCUT2D eigenvalue weighted by molar-refractivity contribution is -0.0274. The van der Waals surface area contributed by atoms with Crippen LogP contribution in [-0.4, -0.2) is 21.2 Å². The standard InChI is InChI=1S/C24H21BrN4O/c1-13-22-21(23(26)30)27-12-29(22)19-7-6-15(24-9-14(10-24)11-24)8-17(19)20(28-13)16-4-2-3-5-18(16)25/h2-8,12-14H,9-11H2,1H3,(H2,26,30)/t13-,14?,24?/m0/s1. The number of fused-ring (bicyclic) bond motifs is 3. The third-order valence-electron chi connectivity index (χ3n) is 7.05. The molecular weight excluding hydrogens is 440 g/mol. The van der Waals surface area contributed by atoms with Crippen molar-refractivity contribution in [1.29, 1.82) is 0 Å². The summed E-state index contributed by atoms with van der Waals surface area (Å²) in [5, 5.41) is 0. The Labute approximate surface area is 183 Å². The van der Waals surface area contributed by atoms with Crippen molar-refractivity contribution in [3.8, 4) is 5.69 Å². The zero-order chi connectivity index (χ0) is 20.6. The van der Waals surface area contributed by atoms with Crippen molar-refractivity contribution in [2.75, 3.05) is 0 Å². The van der Waals surface area contributed by atoms with Gasteiger partial charge >= 0.3 is 0 Å². The van der Waals surface area contributed by atoms with Crippen LogP contribution >= 0.6 is 15.9 Å². The van der Waals surface area contributed by atoms with E-state index in [9.17, 15) is 4.79 Å². The Hall–Kier alpha value is -2.73. The zero-order valence-corrected chi connectivity index (χ0v) is 18.2. The number of nitrogens with zero attached hydrogens (tertiary/aromatic N) is 3. The van der Waals surface area contributed by atoms with Gasteiger partial charge in [0.1, 0.15) is 6.33 Å². The molecule has 6 heteroatoms. The van der Waals surface area contributed by atoms with Crippen molar-refractivity contribution in [3.05, 3.63) is 81.3 Å². The number of nitrogens with two attached hydrogens (primary N) is 1. The van der Waals surface area contributed by atoms with Crippen molar-refractivity contribution in [1.82, 2.24) is 9.55 Å². The molecule has 30 heavy (non-hydrogen) atoms. The summed E-state index contributed by atoms with van der Waals surface area (Å²) < 4.78 is 2.98. The van der Waals surface area contributed by atoms with E-state index in [1.807, 2.05) is 29.7 Å². The molecule has 2 aromatic carbocycles. The van der Waals surface area contributed by atoms with Crippen LogP contribution in [0.1, 0.15) is 65.1 Å². The summed E-state index contributed by atoms with van der Waals surface area (Å²) in [5.74, 6) is 0.390. The summed E-state index contributed by atoms with van der Waals surface area (Å²) in [5.41, 5.74) is 12.4. The van der Waals surface area contributed by atoms with Crippen LogP contribution in [0, 0.1) is 5.92 Å². The SMILES string of the molecule is C[C@@H]1N=C(c2ccccc2Br)c2cc(C34CC(C3)C4)ccc2-n2cnc(C(N)=O)c21. The first kappa shape index (κ1) is 18.1. The highest BCUT2D eigenvalue weighted by molar-refractivity contribution is 9.10. The van der Waals surface area contributed by atoms with E-state index in [4.69, 9.17) is 10.7 Å². The van der Waals surface area contributed by atoms with Gasteiger partial charge in [-0.1, -0.05) is 40.2 Å². The molecule has 150 valence electrons. The maximum absolute atomic E-state index is 12.0. The Morgan fingerprint density at radius 1 is 1.17 bits per heavy atom. The molecule has 4 aliphatic rings. The molecule has 7 rings (SSSR count). The fraction of sp³-hybridized carbons (Fsp3) is 0.292. The van der Waals surface area contributed by atoms with Crippen molar-refractivity contribution < 1.29 is 4.79 Å². The minimum absolute atomic E-state index is 0.261. The first-order valence-electron chi connectivity index (χ1n) is 10.3. The number of carbonyl (C=O) groups is 1. The number of halogens is 1. The number of aliphatic imine (C=N–C) groups is 1. The van der Waals surface area contributed by atoms with Crippen LogP contribution in [0.2, 0.25) is 0 Å². The largest absolute Gasteiger partial charge is 0.364 e. The Morgan fingerprint density at radius 3 is 2.60 bits per heavy atom. The summed E-state index contributed by atoms with van der Waals surface area (Å²) >= 11 is 3.71. The molecule has 3 aromatic rings. The molecular formula is C24H21BrN4O. The molecule has 2 bridgehead atoms. The van der Waals surface area contributed by atoms with E-state index < -0.39 is 5.91 Å². The van der Waals surface area contributed by atoms with Crippen LogP contribution in [0.3, 0.4) is 0 Å². The topological polar surface area (TPSA) is 73.3 Å². The molecule has 0 saturated heterocycles. The third kappa shape index (κ3) is 2.37. The first-order chi connectivity index (χ1) is 14.5. The second kappa shape index (κ2) is 6.14. The molecule has 0 radical (unpaired) electrons. The van der Waals surface area contributed by atoms with Gasteiger partial charge in [0.25, 0.3) is 5.91 Å². The van der Waals surface area contributed by atoms with Crippen molar-refractivity contribution in [3.63, 3.8) is 0 Å². The van der Waals surface area contributed by atoms with E-state index in [2.05, 4.69) is 45.2 Å². The van der Waals surface area contributed by atoms with E-state index in [0.29, 0.717) is 5.41 Å². The van der Waals surface area contributed by atoms with E-state index in [-0.39, 0.29) is 11.7 Å². The maximum atomic E-state index is 12.0. The number of amides is 1. The van der Waals surface area contributed by atoms with Crippen LogP contribution in [0.4, 0.5) is 0 Å². The normalized spacial score (nSPS) is 25.9. The second-order valence-corrected chi connectivity index (χ2v) is 9.69. The minimum atomic E-state index is -0.526. The number of rotatable bonds is 3. The van der Waals surface area contributed by atoms with Gasteiger partial charge in [-0.2, -0.15) is 0 Å². The molecule has 0 spiro atoms. The molecule has 1 aliphatic heterocycles. The van der Waals surface area contributed by atoms with Gasteiger partial charge in [-0.25, -0.2) is 4.98 Å². The maximum Gasteiger partial charge on any atom is 0.269 e. The Morgan fingerprint density at radius 2 is 1.93 bits per heavy atom. The molecule has 0 unspecified atom stereocenters. The highest BCUT2D eigenvalue weighted by atomic mass is 79.9. The smallest absolute Gasteiger partial charge is 0.269 e. The van der Waals surface area contributed by atoms with Crippen LogP contribution < -0.4 is 5.73 Å². The second-order valence-electron chi connectivity index (χ2n) is 8.84. The van der Waals surface area contributed by atoms with Crippen LogP contribution in [0.15, 0.2) is 58.3 Å². The van der Waals surface area contributed by atoms with Gasteiger partial charge in [-0.15, -0.1) is 0 Å². The number of benzene rings is 2. The van der Waals surface area contributed by atoms with Gasteiger partial charge in [0.2, 0.25) is 0 Å². The van der Waals surface area contributed by atoms with Gasteiger partial charge in [-0.3, -0.25) is 14.4 Å². The molecule has 2 N–H and O–H groups in total. The number of carbonyl (C=O) groups excluding carboxylic acids is 1. The molecule has 5 nitrogen and oxygen atoms in total. The Balaban J connectivity index is 1.63. The van der Waals surface area contributed by atoms with Crippen LogP contribution in [0.5, 0.6) is 0 Å². The fourth-order valence-electron chi connectivity index (χ4n) is 5.43. The molecule has 3 fully saturated rings. The third-order valence-corrected chi connectivity index (χ3v) is 7.74. The molecule has 3 saturated carbocycles. The lowest BCUT2D eigenvalue weighted by Gasteiger charge is -2.62. The fourth-order valence-corrected chi connectivity index (χ4v) is 5.90. The van der Waals surface area contributed by atoms with Crippen LogP contribution in [-0.2, 0) is 5.41 Å². The average Bonchev–Trinajstić information content (AvgIpc) is 3.05. The highest BCUT2D eigenvalue weighted by Gasteiger charge is 2.57. The molecule has 1 amide bonds. The monoisotopic (exact) mass is 460 g/mol. The van der Waals surface area contributed by atoms with E-state index >= 15 is 0 Å². The quantitative estimate of drug-likeness (QED) is 0.614. The van der Waals surface area contributed by atoms with Gasteiger partial charge in [-0.05, 0) is 61.3 Å². The van der Waals surface area contributed by atoms with Crippen molar-refractivity contribution >= 4 is 27.5 Å². The summed E-state index contributed by atoms with van der Waals surface area (Å²) in [6.45, 7) is 1.99. The summed E-state index contributed by atoms with van der Waals surface area (Å²) in [6.07, 6.45) is 5.59.